The van der Waals surface area contributed by atoms with Crippen molar-refractivity contribution in [2.45, 2.75) is 36.2 Å². The Labute approximate surface area is 204 Å². The van der Waals surface area contributed by atoms with Crippen molar-refractivity contribution in [2.75, 3.05) is 11.1 Å². The number of amides is 2. The Morgan fingerprint density at radius 3 is 2.71 bits per heavy atom. The standard InChI is InChI=1S/C25H23FN4O4S/c1-29-24(33)21-17(12-20(31)27-18-9-10-35-19-8-7-15(26)11-16(18)19)23(32)28-22(21)30(25(29)34)13-14-5-3-2-4-6-14/h2-8,11,17-18H,9-10,12-13H2,1H3,(H,27,31)(H,28,32)/t17-,18+/m1/s1. The Hall–Kier alpha value is -3.66. The Balaban J connectivity index is 1.43. The zero-order valence-corrected chi connectivity index (χ0v) is 19.7. The summed E-state index contributed by atoms with van der Waals surface area (Å²) in [5.41, 5.74) is 0.479. The number of hydrogen-bond acceptors (Lipinski definition) is 5. The van der Waals surface area contributed by atoms with Gasteiger partial charge in [0.2, 0.25) is 11.8 Å². The van der Waals surface area contributed by atoms with E-state index in [0.29, 0.717) is 12.0 Å². The number of anilines is 1. The molecule has 2 aromatic carbocycles. The van der Waals surface area contributed by atoms with Crippen LogP contribution in [0.4, 0.5) is 10.2 Å². The molecule has 0 aliphatic carbocycles. The number of carbonyl (C=O) groups excluding carboxylic acids is 2. The van der Waals surface area contributed by atoms with Crippen LogP contribution in [0.3, 0.4) is 0 Å². The van der Waals surface area contributed by atoms with Crippen LogP contribution in [-0.4, -0.2) is 26.7 Å². The smallest absolute Gasteiger partial charge is 0.332 e. The molecular formula is C25H23FN4O4S. The molecule has 0 fully saturated rings. The molecule has 0 unspecified atom stereocenters. The number of thioether (sulfide) groups is 1. The van der Waals surface area contributed by atoms with E-state index in [1.807, 2.05) is 30.3 Å². The summed E-state index contributed by atoms with van der Waals surface area (Å²) in [5.74, 6) is -1.45. The predicted molar refractivity (Wildman–Crippen MR) is 130 cm³/mol. The molecule has 3 aromatic rings. The van der Waals surface area contributed by atoms with Crippen LogP contribution in [0.15, 0.2) is 63.0 Å². The molecule has 0 bridgehead atoms. The number of rotatable bonds is 5. The fraction of sp³-hybridized carbons (Fsp3) is 0.280. The zero-order valence-electron chi connectivity index (χ0n) is 18.9. The second-order valence-electron chi connectivity index (χ2n) is 8.67. The average molecular weight is 495 g/mol. The molecule has 35 heavy (non-hydrogen) atoms. The van der Waals surface area contributed by atoms with E-state index >= 15 is 0 Å². The summed E-state index contributed by atoms with van der Waals surface area (Å²) in [7, 11) is 1.36. The van der Waals surface area contributed by atoms with Gasteiger partial charge in [0.15, 0.2) is 0 Å². The van der Waals surface area contributed by atoms with Crippen molar-refractivity contribution in [1.29, 1.82) is 0 Å². The maximum Gasteiger partial charge on any atom is 0.332 e. The first kappa shape index (κ1) is 23.1. The van der Waals surface area contributed by atoms with E-state index < -0.39 is 29.0 Å². The number of aromatic nitrogens is 2. The van der Waals surface area contributed by atoms with Crippen LogP contribution in [0, 0.1) is 5.82 Å². The normalized spacial score (nSPS) is 18.5. The first-order chi connectivity index (χ1) is 16.8. The van der Waals surface area contributed by atoms with Crippen molar-refractivity contribution in [3.05, 3.63) is 91.9 Å². The van der Waals surface area contributed by atoms with Crippen molar-refractivity contribution >= 4 is 29.4 Å². The second kappa shape index (κ2) is 9.18. The maximum atomic E-state index is 13.8. The molecular weight excluding hydrogens is 471 g/mol. The van der Waals surface area contributed by atoms with Gasteiger partial charge in [0.05, 0.1) is 24.1 Å². The van der Waals surface area contributed by atoms with Gasteiger partial charge in [0.1, 0.15) is 11.6 Å². The summed E-state index contributed by atoms with van der Waals surface area (Å²) in [4.78, 5) is 52.6. The van der Waals surface area contributed by atoms with Gasteiger partial charge in [-0.2, -0.15) is 0 Å². The summed E-state index contributed by atoms with van der Waals surface area (Å²) in [6, 6.07) is 13.3. The highest BCUT2D eigenvalue weighted by molar-refractivity contribution is 7.99. The summed E-state index contributed by atoms with van der Waals surface area (Å²) in [6.07, 6.45) is 0.366. The first-order valence-corrected chi connectivity index (χ1v) is 12.2. The van der Waals surface area contributed by atoms with Crippen LogP contribution in [0.1, 0.15) is 41.5 Å². The quantitative estimate of drug-likeness (QED) is 0.568. The third kappa shape index (κ3) is 4.29. The number of nitrogens with zero attached hydrogens (tertiary/aromatic N) is 2. The number of halogens is 1. The number of fused-ring (bicyclic) bond motifs is 2. The minimum atomic E-state index is -1.03. The van der Waals surface area contributed by atoms with Crippen molar-refractivity contribution in [2.24, 2.45) is 7.05 Å². The molecule has 1 aromatic heterocycles. The lowest BCUT2D eigenvalue weighted by atomic mass is 9.97. The van der Waals surface area contributed by atoms with E-state index in [0.717, 1.165) is 20.8 Å². The van der Waals surface area contributed by atoms with E-state index in [1.54, 1.807) is 17.8 Å². The molecule has 2 atom stereocenters. The molecule has 2 aliphatic rings. The van der Waals surface area contributed by atoms with Crippen LogP contribution in [0.25, 0.3) is 0 Å². The molecule has 2 N–H and O–H groups in total. The van der Waals surface area contributed by atoms with Gasteiger partial charge in [0.25, 0.3) is 5.56 Å². The van der Waals surface area contributed by atoms with Gasteiger partial charge < -0.3 is 10.6 Å². The minimum Gasteiger partial charge on any atom is -0.349 e. The fourth-order valence-corrected chi connectivity index (χ4v) is 5.74. The lowest BCUT2D eigenvalue weighted by Crippen LogP contribution is -2.40. The van der Waals surface area contributed by atoms with Gasteiger partial charge in [-0.25, -0.2) is 9.18 Å². The predicted octanol–water partition coefficient (Wildman–Crippen LogP) is 2.51. The molecule has 3 heterocycles. The molecule has 0 spiro atoms. The minimum absolute atomic E-state index is 0.105. The largest absolute Gasteiger partial charge is 0.349 e. The molecule has 0 saturated carbocycles. The number of hydrogen-bond donors (Lipinski definition) is 2. The lowest BCUT2D eigenvalue weighted by Gasteiger charge is -2.26. The van der Waals surface area contributed by atoms with Gasteiger partial charge >= 0.3 is 5.69 Å². The van der Waals surface area contributed by atoms with Crippen LogP contribution in [-0.2, 0) is 23.2 Å². The lowest BCUT2D eigenvalue weighted by molar-refractivity contribution is -0.125. The average Bonchev–Trinajstić information content (AvgIpc) is 3.17. The van der Waals surface area contributed by atoms with Gasteiger partial charge in [-0.1, -0.05) is 30.3 Å². The number of benzene rings is 2. The van der Waals surface area contributed by atoms with Crippen molar-refractivity contribution in [1.82, 2.24) is 14.5 Å². The van der Waals surface area contributed by atoms with E-state index in [-0.39, 0.29) is 36.2 Å². The zero-order chi connectivity index (χ0) is 24.7. The Bertz CT molecular complexity index is 1450. The SMILES string of the molecule is Cn1c(=O)c2c(n(Cc3ccccc3)c1=O)NC(=O)[C@@H]2CC(=O)N[C@H]1CCSc2ccc(F)cc21. The number of carbonyl (C=O) groups is 2. The van der Waals surface area contributed by atoms with E-state index in [2.05, 4.69) is 10.6 Å². The molecule has 5 rings (SSSR count). The summed E-state index contributed by atoms with van der Waals surface area (Å²) in [5, 5.41) is 5.56. The Morgan fingerprint density at radius 1 is 1.17 bits per heavy atom. The van der Waals surface area contributed by atoms with Gasteiger partial charge in [-0.05, 0) is 35.7 Å². The summed E-state index contributed by atoms with van der Waals surface area (Å²) < 4.78 is 16.1. The Morgan fingerprint density at radius 2 is 1.94 bits per heavy atom. The highest BCUT2D eigenvalue weighted by atomic mass is 32.2. The van der Waals surface area contributed by atoms with E-state index in [9.17, 15) is 23.6 Å². The number of nitrogens with one attached hydrogen (secondary N) is 2. The van der Waals surface area contributed by atoms with E-state index in [4.69, 9.17) is 0 Å². The summed E-state index contributed by atoms with van der Waals surface area (Å²) in [6.45, 7) is 0.164. The van der Waals surface area contributed by atoms with Gasteiger partial charge in [-0.3, -0.25) is 23.5 Å². The second-order valence-corrected chi connectivity index (χ2v) is 9.80. The fourth-order valence-electron chi connectivity index (χ4n) is 4.64. The van der Waals surface area contributed by atoms with Crippen molar-refractivity contribution in [3.63, 3.8) is 0 Å². The molecule has 2 aliphatic heterocycles. The van der Waals surface area contributed by atoms with Crippen molar-refractivity contribution < 1.29 is 14.0 Å². The van der Waals surface area contributed by atoms with Gasteiger partial charge in [0, 0.05) is 24.1 Å². The van der Waals surface area contributed by atoms with Gasteiger partial charge in [-0.15, -0.1) is 11.8 Å². The molecule has 180 valence electrons. The van der Waals surface area contributed by atoms with Crippen LogP contribution in [0.5, 0.6) is 0 Å². The highest BCUT2D eigenvalue weighted by Gasteiger charge is 2.38. The molecule has 8 nitrogen and oxygen atoms in total. The van der Waals surface area contributed by atoms with Crippen molar-refractivity contribution in [3.8, 4) is 0 Å². The topological polar surface area (TPSA) is 102 Å². The van der Waals surface area contributed by atoms with Crippen LogP contribution in [0.2, 0.25) is 0 Å². The third-order valence-corrected chi connectivity index (χ3v) is 7.53. The molecule has 0 radical (unpaired) electrons. The Kier molecular flexibility index (Phi) is 6.06. The monoisotopic (exact) mass is 494 g/mol. The first-order valence-electron chi connectivity index (χ1n) is 11.2. The third-order valence-electron chi connectivity index (χ3n) is 6.40. The van der Waals surface area contributed by atoms with Crippen LogP contribution >= 0.6 is 11.8 Å². The molecule has 2 amide bonds. The highest BCUT2D eigenvalue weighted by Crippen LogP contribution is 2.37. The van der Waals surface area contributed by atoms with Crippen LogP contribution < -0.4 is 21.9 Å². The molecule has 0 saturated heterocycles. The van der Waals surface area contributed by atoms with E-state index in [1.165, 1.54) is 23.7 Å². The molecule has 10 heteroatoms. The maximum absolute atomic E-state index is 13.8. The summed E-state index contributed by atoms with van der Waals surface area (Å²) >= 11 is 1.60.